The molecule has 130 valence electrons. The van der Waals surface area contributed by atoms with Crippen LogP contribution in [0.5, 0.6) is 0 Å². The molecule has 2 aromatic carbocycles. The number of fused-ring (bicyclic) bond motifs is 1. The average Bonchev–Trinajstić information content (AvgIpc) is 3.24. The Bertz CT molecular complexity index is 1020. The topological polar surface area (TPSA) is 51.1 Å². The lowest BCUT2D eigenvalue weighted by atomic mass is 10.0. The van der Waals surface area contributed by atoms with Gasteiger partial charge >= 0.3 is 0 Å². The Balaban J connectivity index is 1.86. The van der Waals surface area contributed by atoms with Crippen LogP contribution in [-0.2, 0) is 16.4 Å². The van der Waals surface area contributed by atoms with Gasteiger partial charge in [0.05, 0.1) is 5.52 Å². The van der Waals surface area contributed by atoms with Crippen LogP contribution in [0.4, 0.5) is 0 Å². The molecule has 4 nitrogen and oxygen atoms in total. The normalized spacial score (nSPS) is 18.0. The van der Waals surface area contributed by atoms with E-state index in [0.29, 0.717) is 10.5 Å². The van der Waals surface area contributed by atoms with Gasteiger partial charge in [-0.05, 0) is 65.5 Å². The summed E-state index contributed by atoms with van der Waals surface area (Å²) in [5, 5.41) is 4.50. The van der Waals surface area contributed by atoms with Gasteiger partial charge in [-0.3, -0.25) is 0 Å². The lowest BCUT2D eigenvalue weighted by Crippen LogP contribution is -2.23. The number of rotatable bonds is 4. The zero-order valence-corrected chi connectivity index (χ0v) is 16.1. The van der Waals surface area contributed by atoms with E-state index in [1.54, 1.807) is 24.4 Å². The van der Waals surface area contributed by atoms with Gasteiger partial charge in [0, 0.05) is 22.1 Å². The summed E-state index contributed by atoms with van der Waals surface area (Å²) in [4.78, 5) is 0.279. The molecule has 0 saturated carbocycles. The first kappa shape index (κ1) is 16.8. The SMILES string of the molecule is O=S(=O)(c1ccccc1Br)n1cc(C[C@@H]2CCCN2)c2ccccc21. The Kier molecular flexibility index (Phi) is 4.43. The maximum absolute atomic E-state index is 13.2. The Hall–Kier alpha value is -1.63. The molecule has 0 radical (unpaired) electrons. The lowest BCUT2D eigenvalue weighted by molar-refractivity contribution is 0.587. The van der Waals surface area contributed by atoms with Crippen molar-refractivity contribution in [2.75, 3.05) is 6.54 Å². The van der Waals surface area contributed by atoms with Crippen molar-refractivity contribution in [1.29, 1.82) is 0 Å². The quantitative estimate of drug-likeness (QED) is 0.697. The summed E-state index contributed by atoms with van der Waals surface area (Å²) in [6.07, 6.45) is 4.95. The van der Waals surface area contributed by atoms with Gasteiger partial charge in [0.1, 0.15) is 4.90 Å². The molecule has 25 heavy (non-hydrogen) atoms. The van der Waals surface area contributed by atoms with Gasteiger partial charge < -0.3 is 5.32 Å². The van der Waals surface area contributed by atoms with E-state index in [4.69, 9.17) is 0 Å². The Morgan fingerprint density at radius 1 is 1.12 bits per heavy atom. The summed E-state index contributed by atoms with van der Waals surface area (Å²) >= 11 is 3.37. The number of aromatic nitrogens is 1. The third kappa shape index (κ3) is 3.03. The standard InChI is InChI=1S/C19H19BrN2O2S/c20-17-8-2-4-10-19(17)25(23,24)22-13-14(12-15-6-5-11-21-15)16-7-1-3-9-18(16)22/h1-4,7-10,13,15,21H,5-6,11-12H2/t15-/m0/s1. The summed E-state index contributed by atoms with van der Waals surface area (Å²) < 4.78 is 28.5. The molecule has 1 atom stereocenters. The molecule has 1 N–H and O–H groups in total. The molecule has 1 aliphatic rings. The molecule has 3 aromatic rings. The minimum Gasteiger partial charge on any atom is -0.314 e. The fraction of sp³-hybridized carbons (Fsp3) is 0.263. The molecule has 0 bridgehead atoms. The number of benzene rings is 2. The highest BCUT2D eigenvalue weighted by molar-refractivity contribution is 9.10. The van der Waals surface area contributed by atoms with E-state index in [-0.39, 0.29) is 4.90 Å². The molecule has 1 saturated heterocycles. The van der Waals surface area contributed by atoms with E-state index < -0.39 is 10.0 Å². The highest BCUT2D eigenvalue weighted by Gasteiger charge is 2.24. The van der Waals surface area contributed by atoms with Crippen LogP contribution in [0.25, 0.3) is 10.9 Å². The van der Waals surface area contributed by atoms with Gasteiger partial charge in [-0.1, -0.05) is 30.3 Å². The highest BCUT2D eigenvalue weighted by atomic mass is 79.9. The fourth-order valence-corrected chi connectivity index (χ4v) is 5.90. The number of nitrogens with one attached hydrogen (secondary N) is 1. The van der Waals surface area contributed by atoms with Crippen LogP contribution in [-0.4, -0.2) is 25.0 Å². The molecule has 1 aliphatic heterocycles. The smallest absolute Gasteiger partial charge is 0.269 e. The van der Waals surface area contributed by atoms with E-state index in [0.717, 1.165) is 35.9 Å². The van der Waals surface area contributed by atoms with Crippen LogP contribution in [0.15, 0.2) is 64.1 Å². The first-order valence-corrected chi connectivity index (χ1v) is 10.6. The maximum Gasteiger partial charge on any atom is 0.269 e. The van der Waals surface area contributed by atoms with Crippen molar-refractivity contribution >= 4 is 36.9 Å². The lowest BCUT2D eigenvalue weighted by Gasteiger charge is -2.09. The third-order valence-corrected chi connectivity index (χ3v) is 7.45. The Morgan fingerprint density at radius 3 is 2.64 bits per heavy atom. The predicted molar refractivity (Wildman–Crippen MR) is 103 cm³/mol. The Labute approximate surface area is 156 Å². The summed E-state index contributed by atoms with van der Waals surface area (Å²) in [5.74, 6) is 0. The molecule has 0 aliphatic carbocycles. The number of nitrogens with zero attached hydrogens (tertiary/aromatic N) is 1. The molecular formula is C19H19BrN2O2S. The number of hydrogen-bond donors (Lipinski definition) is 1. The van der Waals surface area contributed by atoms with Crippen molar-refractivity contribution in [2.45, 2.75) is 30.2 Å². The molecule has 0 unspecified atom stereocenters. The van der Waals surface area contributed by atoms with Crippen molar-refractivity contribution in [1.82, 2.24) is 9.29 Å². The van der Waals surface area contributed by atoms with Crippen molar-refractivity contribution < 1.29 is 8.42 Å². The van der Waals surface area contributed by atoms with Crippen LogP contribution in [0.2, 0.25) is 0 Å². The van der Waals surface area contributed by atoms with Gasteiger partial charge in [-0.2, -0.15) is 0 Å². The van der Waals surface area contributed by atoms with Gasteiger partial charge in [-0.15, -0.1) is 0 Å². The van der Waals surface area contributed by atoms with Gasteiger partial charge in [-0.25, -0.2) is 12.4 Å². The molecule has 1 fully saturated rings. The zero-order valence-electron chi connectivity index (χ0n) is 13.7. The van der Waals surface area contributed by atoms with Crippen LogP contribution in [0.3, 0.4) is 0 Å². The van der Waals surface area contributed by atoms with Crippen LogP contribution in [0.1, 0.15) is 18.4 Å². The number of halogens is 1. The summed E-state index contributed by atoms with van der Waals surface area (Å²) in [6, 6.07) is 15.1. The second-order valence-electron chi connectivity index (χ2n) is 6.40. The fourth-order valence-electron chi connectivity index (χ4n) is 3.54. The first-order valence-electron chi connectivity index (χ1n) is 8.40. The van der Waals surface area contributed by atoms with Crippen LogP contribution >= 0.6 is 15.9 Å². The van der Waals surface area contributed by atoms with Gasteiger partial charge in [0.15, 0.2) is 0 Å². The van der Waals surface area contributed by atoms with E-state index in [1.165, 1.54) is 10.4 Å². The van der Waals surface area contributed by atoms with Crippen molar-refractivity contribution in [3.8, 4) is 0 Å². The van der Waals surface area contributed by atoms with Gasteiger partial charge in [0.2, 0.25) is 0 Å². The van der Waals surface area contributed by atoms with E-state index in [9.17, 15) is 8.42 Å². The average molecular weight is 419 g/mol. The third-order valence-electron chi connectivity index (χ3n) is 4.76. The van der Waals surface area contributed by atoms with Crippen molar-refractivity contribution in [2.24, 2.45) is 0 Å². The Morgan fingerprint density at radius 2 is 1.88 bits per heavy atom. The highest BCUT2D eigenvalue weighted by Crippen LogP contribution is 2.30. The molecule has 2 heterocycles. The van der Waals surface area contributed by atoms with Gasteiger partial charge in [0.25, 0.3) is 10.0 Å². The first-order chi connectivity index (χ1) is 12.1. The zero-order chi connectivity index (χ0) is 17.4. The molecule has 1 aromatic heterocycles. The summed E-state index contributed by atoms with van der Waals surface area (Å²) in [7, 11) is -3.66. The maximum atomic E-state index is 13.2. The minimum atomic E-state index is -3.66. The van der Waals surface area contributed by atoms with Crippen LogP contribution < -0.4 is 5.32 Å². The minimum absolute atomic E-state index is 0.279. The van der Waals surface area contributed by atoms with E-state index in [2.05, 4.69) is 21.2 Å². The number of hydrogen-bond acceptors (Lipinski definition) is 3. The summed E-state index contributed by atoms with van der Waals surface area (Å²) in [6.45, 7) is 1.04. The second kappa shape index (κ2) is 6.59. The van der Waals surface area contributed by atoms with E-state index in [1.807, 2.05) is 30.3 Å². The summed E-state index contributed by atoms with van der Waals surface area (Å²) in [5.41, 5.74) is 1.80. The van der Waals surface area contributed by atoms with Crippen molar-refractivity contribution in [3.05, 3.63) is 64.8 Å². The predicted octanol–water partition coefficient (Wildman–Crippen LogP) is 3.94. The van der Waals surface area contributed by atoms with Crippen LogP contribution in [0, 0.1) is 0 Å². The molecule has 6 heteroatoms. The largest absolute Gasteiger partial charge is 0.314 e. The molecular weight excluding hydrogens is 400 g/mol. The molecule has 0 amide bonds. The monoisotopic (exact) mass is 418 g/mol. The van der Waals surface area contributed by atoms with Crippen molar-refractivity contribution in [3.63, 3.8) is 0 Å². The van der Waals surface area contributed by atoms with E-state index >= 15 is 0 Å². The molecule has 4 rings (SSSR count). The molecule has 0 spiro atoms. The number of para-hydroxylation sites is 1. The second-order valence-corrected chi connectivity index (χ2v) is 9.04.